The molecule has 4 aromatic carbocycles. The van der Waals surface area contributed by atoms with E-state index in [2.05, 4.69) is 160 Å². The van der Waals surface area contributed by atoms with Crippen molar-refractivity contribution in [3.05, 3.63) is 168 Å². The number of fused-ring (bicyclic) bond motifs is 5. The Balaban J connectivity index is 1.21. The normalized spacial score (nSPS) is 17.5. The lowest BCUT2D eigenvalue weighted by atomic mass is 9.69. The van der Waals surface area contributed by atoms with Crippen LogP contribution in [0.5, 0.6) is 0 Å². The summed E-state index contributed by atoms with van der Waals surface area (Å²) >= 11 is 0. The second-order valence-electron chi connectivity index (χ2n) is 14.3. The Bertz CT molecular complexity index is 2750. The van der Waals surface area contributed by atoms with Crippen molar-refractivity contribution in [1.29, 1.82) is 0 Å². The number of benzene rings is 4. The first-order valence-corrected chi connectivity index (χ1v) is 18.0. The molecule has 2 aliphatic carbocycles. The van der Waals surface area contributed by atoms with Gasteiger partial charge in [-0.15, -0.1) is 0 Å². The first kappa shape index (κ1) is 31.8. The molecule has 0 bridgehead atoms. The lowest BCUT2D eigenvalue weighted by Gasteiger charge is -2.35. The molecule has 0 fully saturated rings. The average Bonchev–Trinajstić information content (AvgIpc) is 3.55. The van der Waals surface area contributed by atoms with E-state index in [1.807, 2.05) is 6.07 Å². The number of aromatic nitrogens is 5. The van der Waals surface area contributed by atoms with Gasteiger partial charge in [0.2, 0.25) is 0 Å². The van der Waals surface area contributed by atoms with Crippen LogP contribution in [0.25, 0.3) is 67.1 Å². The third-order valence-electron chi connectivity index (χ3n) is 11.0. The SMILES string of the molecule is C=C1C=C(c2nc(-c3ccc(-c4ccccc4C)c(C)c3)nc(-c3ccc4ccc5nc6ccccc6n5c4c3)n2)C=CC1(C)C1=C(C)C=CCC1. The molecule has 52 heavy (non-hydrogen) atoms. The van der Waals surface area contributed by atoms with E-state index in [9.17, 15) is 0 Å². The highest BCUT2D eigenvalue weighted by atomic mass is 15.0. The van der Waals surface area contributed by atoms with Crippen molar-refractivity contribution in [1.82, 2.24) is 24.3 Å². The zero-order valence-electron chi connectivity index (χ0n) is 30.0. The number of pyridine rings is 1. The Kier molecular flexibility index (Phi) is 7.47. The Morgan fingerprint density at radius 1 is 0.673 bits per heavy atom. The number of hydrogen-bond donors (Lipinski definition) is 0. The summed E-state index contributed by atoms with van der Waals surface area (Å²) < 4.78 is 2.22. The molecule has 7 aromatic rings. The molecule has 1 atom stereocenters. The number of para-hydroxylation sites is 2. The fourth-order valence-electron chi connectivity index (χ4n) is 7.97. The molecule has 252 valence electrons. The van der Waals surface area contributed by atoms with Gasteiger partial charge < -0.3 is 0 Å². The smallest absolute Gasteiger partial charge is 0.164 e. The van der Waals surface area contributed by atoms with Crippen LogP contribution >= 0.6 is 0 Å². The summed E-state index contributed by atoms with van der Waals surface area (Å²) in [5, 5.41) is 1.12. The maximum absolute atomic E-state index is 5.17. The zero-order valence-corrected chi connectivity index (χ0v) is 30.0. The number of rotatable bonds is 5. The molecular weight excluding hydrogens is 635 g/mol. The molecular formula is C47H39N5. The maximum atomic E-state index is 5.17. The minimum absolute atomic E-state index is 0.253. The maximum Gasteiger partial charge on any atom is 0.164 e. The molecule has 0 radical (unpaired) electrons. The molecule has 9 rings (SSSR count). The van der Waals surface area contributed by atoms with Crippen LogP contribution in [0.2, 0.25) is 0 Å². The second kappa shape index (κ2) is 12.2. The molecule has 0 amide bonds. The van der Waals surface area contributed by atoms with Crippen molar-refractivity contribution in [2.45, 2.75) is 40.5 Å². The van der Waals surface area contributed by atoms with Gasteiger partial charge in [-0.25, -0.2) is 19.9 Å². The van der Waals surface area contributed by atoms with Gasteiger partial charge in [-0.1, -0.05) is 103 Å². The molecule has 0 N–H and O–H groups in total. The largest absolute Gasteiger partial charge is 0.292 e. The molecule has 1 unspecified atom stereocenters. The monoisotopic (exact) mass is 673 g/mol. The number of imidazole rings is 1. The second-order valence-corrected chi connectivity index (χ2v) is 14.3. The van der Waals surface area contributed by atoms with E-state index < -0.39 is 0 Å². The Hall–Kier alpha value is -6.20. The van der Waals surface area contributed by atoms with E-state index in [1.165, 1.54) is 33.4 Å². The molecule has 3 aromatic heterocycles. The Morgan fingerprint density at radius 2 is 1.38 bits per heavy atom. The van der Waals surface area contributed by atoms with Gasteiger partial charge in [-0.2, -0.15) is 0 Å². The molecule has 3 heterocycles. The van der Waals surface area contributed by atoms with Crippen LogP contribution in [0, 0.1) is 19.3 Å². The Morgan fingerprint density at radius 3 is 2.17 bits per heavy atom. The zero-order chi connectivity index (χ0) is 35.6. The lowest BCUT2D eigenvalue weighted by molar-refractivity contribution is 0.587. The van der Waals surface area contributed by atoms with E-state index in [-0.39, 0.29) is 5.41 Å². The van der Waals surface area contributed by atoms with Crippen LogP contribution in [0.15, 0.2) is 151 Å². The quantitative estimate of drug-likeness (QED) is 0.182. The van der Waals surface area contributed by atoms with Gasteiger partial charge in [0.1, 0.15) is 5.65 Å². The van der Waals surface area contributed by atoms with E-state index in [0.717, 1.165) is 62.7 Å². The fraction of sp³-hybridized carbons (Fsp3) is 0.149. The Labute approximate surface area is 304 Å². The molecule has 5 heteroatoms. The van der Waals surface area contributed by atoms with Crippen molar-refractivity contribution in [2.75, 3.05) is 0 Å². The van der Waals surface area contributed by atoms with Gasteiger partial charge in [0.05, 0.1) is 16.6 Å². The van der Waals surface area contributed by atoms with Gasteiger partial charge in [0, 0.05) is 22.1 Å². The summed E-state index contributed by atoms with van der Waals surface area (Å²) in [6.07, 6.45) is 13.2. The standard InChI is InChI=1S/C47H39N5/c1-29-12-6-8-14-37(29)38-22-20-34(26-31(38)3)44-49-45(35-19-18-33-21-23-43-48-40-16-10-11-17-41(40)52(43)42(33)28-35)51-46(50-44)36-24-25-47(5,32(4)27-36)39-15-9-7-13-30(39)2/h6-8,10-14,16-28H,4,9,15H2,1-3,5H3. The minimum atomic E-state index is -0.253. The van der Waals surface area contributed by atoms with Crippen LogP contribution in [0.4, 0.5) is 0 Å². The van der Waals surface area contributed by atoms with Crippen molar-refractivity contribution >= 4 is 33.2 Å². The minimum Gasteiger partial charge on any atom is -0.292 e. The van der Waals surface area contributed by atoms with Crippen LogP contribution in [-0.2, 0) is 0 Å². The summed E-state index contributed by atoms with van der Waals surface area (Å²) in [7, 11) is 0. The lowest BCUT2D eigenvalue weighted by Crippen LogP contribution is -2.22. The number of aryl methyl sites for hydroxylation is 2. The average molecular weight is 674 g/mol. The molecule has 0 aliphatic heterocycles. The number of nitrogens with zero attached hydrogens (tertiary/aromatic N) is 5. The van der Waals surface area contributed by atoms with E-state index in [1.54, 1.807) is 0 Å². The highest BCUT2D eigenvalue weighted by Crippen LogP contribution is 2.46. The summed E-state index contributed by atoms with van der Waals surface area (Å²) in [4.78, 5) is 20.4. The van der Waals surface area contributed by atoms with Crippen LogP contribution in [0.1, 0.15) is 43.6 Å². The van der Waals surface area contributed by atoms with E-state index in [4.69, 9.17) is 19.9 Å². The van der Waals surface area contributed by atoms with E-state index in [0.29, 0.717) is 17.5 Å². The highest BCUT2D eigenvalue weighted by Gasteiger charge is 2.33. The topological polar surface area (TPSA) is 56.0 Å². The third-order valence-corrected chi connectivity index (χ3v) is 11.0. The van der Waals surface area contributed by atoms with Crippen molar-refractivity contribution in [2.24, 2.45) is 5.41 Å². The molecule has 0 saturated heterocycles. The van der Waals surface area contributed by atoms with Crippen LogP contribution in [0.3, 0.4) is 0 Å². The number of allylic oxidation sites excluding steroid dienone is 9. The molecule has 2 aliphatic rings. The van der Waals surface area contributed by atoms with Gasteiger partial charge in [0.25, 0.3) is 0 Å². The van der Waals surface area contributed by atoms with Crippen LogP contribution < -0.4 is 0 Å². The van der Waals surface area contributed by atoms with Gasteiger partial charge in [-0.3, -0.25) is 4.40 Å². The summed E-state index contributed by atoms with van der Waals surface area (Å²) in [6, 6.07) is 33.9. The van der Waals surface area contributed by atoms with Gasteiger partial charge in [0.15, 0.2) is 17.5 Å². The van der Waals surface area contributed by atoms with Crippen molar-refractivity contribution in [3.63, 3.8) is 0 Å². The highest BCUT2D eigenvalue weighted by molar-refractivity contribution is 5.92. The van der Waals surface area contributed by atoms with Crippen molar-refractivity contribution < 1.29 is 0 Å². The van der Waals surface area contributed by atoms with Gasteiger partial charge >= 0.3 is 0 Å². The van der Waals surface area contributed by atoms with Crippen molar-refractivity contribution in [3.8, 4) is 33.9 Å². The van der Waals surface area contributed by atoms with Crippen LogP contribution in [-0.4, -0.2) is 24.3 Å². The summed E-state index contributed by atoms with van der Waals surface area (Å²) in [6.45, 7) is 13.4. The molecule has 5 nitrogen and oxygen atoms in total. The van der Waals surface area contributed by atoms with E-state index >= 15 is 0 Å². The molecule has 0 spiro atoms. The molecule has 0 saturated carbocycles. The predicted octanol–water partition coefficient (Wildman–Crippen LogP) is 11.6. The third kappa shape index (κ3) is 5.24. The fourth-order valence-corrected chi connectivity index (χ4v) is 7.97. The summed E-state index contributed by atoms with van der Waals surface area (Å²) in [5.41, 5.74) is 15.2. The first-order valence-electron chi connectivity index (χ1n) is 18.0. The number of hydrogen-bond acceptors (Lipinski definition) is 4. The summed E-state index contributed by atoms with van der Waals surface area (Å²) in [5.74, 6) is 1.88. The van der Waals surface area contributed by atoms with Gasteiger partial charge in [-0.05, 0) is 116 Å². The predicted molar refractivity (Wildman–Crippen MR) is 215 cm³/mol. The first-order chi connectivity index (χ1) is 25.3.